The summed E-state index contributed by atoms with van der Waals surface area (Å²) < 4.78 is 6.81. The number of ether oxygens (including phenoxy) is 1. The lowest BCUT2D eigenvalue weighted by Gasteiger charge is -2.07. The van der Waals surface area contributed by atoms with Crippen LogP contribution in [-0.2, 0) is 29.4 Å². The summed E-state index contributed by atoms with van der Waals surface area (Å²) in [5, 5.41) is 14.7. The molecule has 3 aromatic heterocycles. The van der Waals surface area contributed by atoms with Crippen molar-refractivity contribution in [2.24, 2.45) is 7.05 Å². The van der Waals surface area contributed by atoms with Gasteiger partial charge < -0.3 is 14.6 Å². The molecule has 7 nitrogen and oxygen atoms in total. The topological polar surface area (TPSA) is 86.1 Å². The number of nitrogens with one attached hydrogen (secondary N) is 1. The van der Waals surface area contributed by atoms with Crippen molar-refractivity contribution in [2.45, 2.75) is 45.2 Å². The van der Waals surface area contributed by atoms with Crippen LogP contribution in [0.4, 0.5) is 5.00 Å². The van der Waals surface area contributed by atoms with Gasteiger partial charge in [0.1, 0.15) is 5.00 Å². The Hall–Kier alpha value is -2.17. The molecular weight excluding hydrogens is 452 g/mol. The molecule has 0 aromatic carbocycles. The maximum Gasteiger partial charge on any atom is 0.341 e. The number of rotatable bonds is 9. The minimum Gasteiger partial charge on any atom is -0.465 e. The van der Waals surface area contributed by atoms with E-state index < -0.39 is 5.97 Å². The summed E-state index contributed by atoms with van der Waals surface area (Å²) >= 11 is 4.44. The number of anilines is 1. The zero-order chi connectivity index (χ0) is 22.5. The number of aryl methyl sites for hydroxylation is 2. The highest BCUT2D eigenvalue weighted by atomic mass is 32.2. The van der Waals surface area contributed by atoms with Crippen LogP contribution >= 0.6 is 34.4 Å². The van der Waals surface area contributed by atoms with Crippen molar-refractivity contribution in [1.29, 1.82) is 0 Å². The van der Waals surface area contributed by atoms with Crippen molar-refractivity contribution in [2.75, 3.05) is 18.2 Å². The van der Waals surface area contributed by atoms with Crippen LogP contribution in [0.15, 0.2) is 16.6 Å². The van der Waals surface area contributed by atoms with E-state index in [1.54, 1.807) is 11.3 Å². The number of thiophene rings is 2. The summed E-state index contributed by atoms with van der Waals surface area (Å²) in [6, 6.07) is 2.15. The van der Waals surface area contributed by atoms with E-state index in [2.05, 4.69) is 33.9 Å². The van der Waals surface area contributed by atoms with Gasteiger partial charge in [0.05, 0.1) is 18.4 Å². The van der Waals surface area contributed by atoms with Crippen molar-refractivity contribution in [3.05, 3.63) is 32.3 Å². The van der Waals surface area contributed by atoms with E-state index >= 15 is 0 Å². The van der Waals surface area contributed by atoms with Gasteiger partial charge in [-0.25, -0.2) is 4.79 Å². The molecule has 0 atom stereocenters. The molecule has 0 aliphatic heterocycles. The van der Waals surface area contributed by atoms with Gasteiger partial charge in [0, 0.05) is 27.7 Å². The number of hydrogen-bond donors (Lipinski definition) is 1. The summed E-state index contributed by atoms with van der Waals surface area (Å²) in [6.45, 7) is 6.08. The highest BCUT2D eigenvalue weighted by Crippen LogP contribution is 2.34. The molecule has 1 amide bonds. The van der Waals surface area contributed by atoms with Gasteiger partial charge >= 0.3 is 5.97 Å². The number of carbonyl (C=O) groups excluding carboxylic acids is 2. The molecule has 10 heteroatoms. The Kier molecular flexibility index (Phi) is 7.90. The summed E-state index contributed by atoms with van der Waals surface area (Å²) in [5.74, 6) is 0.316. The smallest absolute Gasteiger partial charge is 0.341 e. The number of hydrogen-bond acceptors (Lipinski definition) is 8. The Bertz CT molecular complexity index is 1080. The molecule has 3 aromatic rings. The fraction of sp³-hybridized carbons (Fsp3) is 0.429. The van der Waals surface area contributed by atoms with Crippen LogP contribution in [0.5, 0.6) is 0 Å². The molecule has 0 unspecified atom stereocenters. The Balaban J connectivity index is 1.68. The van der Waals surface area contributed by atoms with Crippen LogP contribution in [0.25, 0.3) is 11.4 Å². The van der Waals surface area contributed by atoms with Gasteiger partial charge in [0.2, 0.25) is 5.91 Å². The first-order valence-corrected chi connectivity index (χ1v) is 12.7. The van der Waals surface area contributed by atoms with Crippen LogP contribution in [0, 0.1) is 6.92 Å². The van der Waals surface area contributed by atoms with Gasteiger partial charge in [-0.3, -0.25) is 4.79 Å². The number of esters is 1. The van der Waals surface area contributed by atoms with Crippen molar-refractivity contribution in [1.82, 2.24) is 14.8 Å². The van der Waals surface area contributed by atoms with E-state index in [-0.39, 0.29) is 11.7 Å². The molecule has 3 rings (SSSR count). The standard InChI is InChI=1S/C21H26N4O3S3/c1-6-8-14-9-13(10-29-14)18-23-24-21(25(18)4)30-11-16(26)22-19-17(20(27)28-5)15(7-2)12(3)31-19/h9-10H,6-8,11H2,1-5H3,(H,22,26). The van der Waals surface area contributed by atoms with Crippen LogP contribution in [0.2, 0.25) is 0 Å². The Morgan fingerprint density at radius 3 is 2.74 bits per heavy atom. The highest BCUT2D eigenvalue weighted by Gasteiger charge is 2.23. The van der Waals surface area contributed by atoms with E-state index in [1.807, 2.05) is 25.5 Å². The van der Waals surface area contributed by atoms with Gasteiger partial charge in [-0.1, -0.05) is 32.0 Å². The Morgan fingerprint density at radius 2 is 2.06 bits per heavy atom. The molecule has 3 heterocycles. The zero-order valence-corrected chi connectivity index (χ0v) is 20.7. The average Bonchev–Trinajstić information content (AvgIpc) is 3.43. The number of nitrogens with zero attached hydrogens (tertiary/aromatic N) is 3. The third-order valence-electron chi connectivity index (χ3n) is 4.78. The van der Waals surface area contributed by atoms with Crippen LogP contribution in [0.1, 0.15) is 45.9 Å². The van der Waals surface area contributed by atoms with E-state index in [0.29, 0.717) is 22.1 Å². The van der Waals surface area contributed by atoms with Crippen molar-refractivity contribution >= 4 is 51.3 Å². The first-order chi connectivity index (χ1) is 14.9. The Labute approximate surface area is 194 Å². The lowest BCUT2D eigenvalue weighted by Crippen LogP contribution is -2.16. The first kappa shape index (κ1) is 23.5. The van der Waals surface area contributed by atoms with Crippen LogP contribution < -0.4 is 5.32 Å². The van der Waals surface area contributed by atoms with Crippen molar-refractivity contribution < 1.29 is 14.3 Å². The van der Waals surface area contributed by atoms with E-state index in [9.17, 15) is 9.59 Å². The van der Waals surface area contributed by atoms with Gasteiger partial charge in [0.25, 0.3) is 0 Å². The minimum atomic E-state index is -0.430. The maximum absolute atomic E-state index is 12.6. The second-order valence-corrected chi connectivity index (χ2v) is 10.1. The number of aromatic nitrogens is 3. The van der Waals surface area contributed by atoms with E-state index in [1.165, 1.54) is 35.1 Å². The van der Waals surface area contributed by atoms with Crippen molar-refractivity contribution in [3.8, 4) is 11.4 Å². The lowest BCUT2D eigenvalue weighted by molar-refractivity contribution is -0.113. The molecule has 0 fully saturated rings. The summed E-state index contributed by atoms with van der Waals surface area (Å²) in [4.78, 5) is 27.1. The molecule has 31 heavy (non-hydrogen) atoms. The molecule has 0 saturated carbocycles. The Morgan fingerprint density at radius 1 is 1.29 bits per heavy atom. The highest BCUT2D eigenvalue weighted by molar-refractivity contribution is 7.99. The van der Waals surface area contributed by atoms with E-state index in [4.69, 9.17) is 4.74 Å². The molecule has 0 radical (unpaired) electrons. The normalized spacial score (nSPS) is 11.0. The number of amides is 1. The monoisotopic (exact) mass is 478 g/mol. The SMILES string of the molecule is CCCc1cc(-c2nnc(SCC(=O)Nc3sc(C)c(CC)c3C(=O)OC)n2C)cs1. The number of carbonyl (C=O) groups is 2. The molecule has 1 N–H and O–H groups in total. The van der Waals surface area contributed by atoms with Gasteiger partial charge in [0.15, 0.2) is 11.0 Å². The minimum absolute atomic E-state index is 0.162. The molecule has 0 spiro atoms. The molecule has 0 aliphatic rings. The van der Waals surface area contributed by atoms with Gasteiger partial charge in [-0.15, -0.1) is 32.9 Å². The second kappa shape index (κ2) is 10.4. The third kappa shape index (κ3) is 5.19. The zero-order valence-electron chi connectivity index (χ0n) is 18.3. The lowest BCUT2D eigenvalue weighted by atomic mass is 10.1. The van der Waals surface area contributed by atoms with Gasteiger partial charge in [-0.2, -0.15) is 0 Å². The van der Waals surface area contributed by atoms with Gasteiger partial charge in [-0.05, 0) is 31.4 Å². The first-order valence-electron chi connectivity index (χ1n) is 9.99. The predicted molar refractivity (Wildman–Crippen MR) is 127 cm³/mol. The molecular formula is C21H26N4O3S3. The molecule has 0 aliphatic carbocycles. The summed E-state index contributed by atoms with van der Waals surface area (Å²) in [6.07, 6.45) is 2.86. The quantitative estimate of drug-likeness (QED) is 0.346. The summed E-state index contributed by atoms with van der Waals surface area (Å²) in [7, 11) is 3.25. The molecule has 0 saturated heterocycles. The third-order valence-corrected chi connectivity index (χ3v) is 7.86. The molecule has 166 valence electrons. The fourth-order valence-electron chi connectivity index (χ4n) is 3.27. The number of thioether (sulfide) groups is 1. The van der Waals surface area contributed by atoms with Crippen LogP contribution in [0.3, 0.4) is 0 Å². The fourth-order valence-corrected chi connectivity index (χ4v) is 6.10. The van der Waals surface area contributed by atoms with Crippen LogP contribution in [-0.4, -0.2) is 39.5 Å². The summed E-state index contributed by atoms with van der Waals surface area (Å²) in [5.41, 5.74) is 2.41. The largest absolute Gasteiger partial charge is 0.465 e. The maximum atomic E-state index is 12.6. The van der Waals surface area contributed by atoms with E-state index in [0.717, 1.165) is 34.7 Å². The number of methoxy groups -OCH3 is 1. The van der Waals surface area contributed by atoms with Crippen molar-refractivity contribution in [3.63, 3.8) is 0 Å². The predicted octanol–water partition coefficient (Wildman–Crippen LogP) is 4.95. The average molecular weight is 479 g/mol. The second-order valence-electron chi connectivity index (χ2n) is 6.94. The molecule has 0 bridgehead atoms.